The Bertz CT molecular complexity index is 849. The van der Waals surface area contributed by atoms with Gasteiger partial charge in [-0.1, -0.05) is 19.9 Å². The summed E-state index contributed by atoms with van der Waals surface area (Å²) in [5.41, 5.74) is 0.492. The quantitative estimate of drug-likeness (QED) is 0.767. The molecule has 3 unspecified atom stereocenters. The largest absolute Gasteiger partial charge is 0.504 e. The van der Waals surface area contributed by atoms with E-state index in [0.29, 0.717) is 18.6 Å². The van der Waals surface area contributed by atoms with Gasteiger partial charge in [-0.3, -0.25) is 4.79 Å². The van der Waals surface area contributed by atoms with Gasteiger partial charge in [0.15, 0.2) is 23.4 Å². The number of Topliss-reactive ketones (excluding diaryl/α,β-unsaturated/α-hetero) is 1. The van der Waals surface area contributed by atoms with Crippen molar-refractivity contribution in [1.29, 1.82) is 0 Å². The summed E-state index contributed by atoms with van der Waals surface area (Å²) in [6, 6.07) is 3.77. The average Bonchev–Trinajstić information content (AvgIpc) is 3.41. The van der Waals surface area contributed by atoms with Crippen molar-refractivity contribution in [3.05, 3.63) is 23.3 Å². The number of likely N-dealkylation sites (tertiary alicyclic amines) is 1. The molecule has 5 atom stereocenters. The van der Waals surface area contributed by atoms with Crippen LogP contribution in [-0.4, -0.2) is 58.4 Å². The highest BCUT2D eigenvalue weighted by Gasteiger charge is 2.76. The molecule has 2 bridgehead atoms. The molecular formula is C23H32NO4+. The fourth-order valence-corrected chi connectivity index (χ4v) is 6.94. The molecular weight excluding hydrogens is 354 g/mol. The number of aromatic hydroxyl groups is 1. The van der Waals surface area contributed by atoms with Crippen molar-refractivity contribution < 1.29 is 24.2 Å². The van der Waals surface area contributed by atoms with Crippen LogP contribution in [0.5, 0.6) is 11.5 Å². The Morgan fingerprint density at radius 3 is 2.71 bits per heavy atom. The third-order valence-corrected chi connectivity index (χ3v) is 8.28. The number of piperidine rings is 1. The highest BCUT2D eigenvalue weighted by atomic mass is 16.5. The SMILES string of the molecule is CC.C[N+]1(CC2CC2)CCC23c4c5ccc(O)c4O[C@H]2C(=O)CC[C@@]3(O)C1C5. The molecule has 1 spiro atoms. The van der Waals surface area contributed by atoms with Crippen LogP contribution in [0, 0.1) is 5.92 Å². The molecule has 0 radical (unpaired) electrons. The molecule has 28 heavy (non-hydrogen) atoms. The number of rotatable bonds is 2. The van der Waals surface area contributed by atoms with Gasteiger partial charge in [0.2, 0.25) is 0 Å². The molecule has 6 rings (SSSR count). The number of aliphatic hydroxyl groups is 1. The fraction of sp³-hybridized carbons (Fsp3) is 0.696. The predicted molar refractivity (Wildman–Crippen MR) is 105 cm³/mol. The van der Waals surface area contributed by atoms with Crippen LogP contribution in [0.1, 0.15) is 57.1 Å². The van der Waals surface area contributed by atoms with Crippen LogP contribution in [-0.2, 0) is 16.6 Å². The lowest BCUT2D eigenvalue weighted by Crippen LogP contribution is -2.80. The second kappa shape index (κ2) is 5.73. The number of ether oxygens (including phenoxy) is 1. The molecule has 2 heterocycles. The zero-order valence-corrected chi connectivity index (χ0v) is 17.2. The smallest absolute Gasteiger partial charge is 0.174 e. The van der Waals surface area contributed by atoms with Crippen LogP contribution in [0.2, 0.25) is 0 Å². The number of hydrogen-bond donors (Lipinski definition) is 2. The summed E-state index contributed by atoms with van der Waals surface area (Å²) in [5, 5.41) is 22.5. The highest BCUT2D eigenvalue weighted by molar-refractivity contribution is 5.90. The topological polar surface area (TPSA) is 66.8 Å². The molecule has 2 aliphatic heterocycles. The summed E-state index contributed by atoms with van der Waals surface area (Å²) in [6.45, 7) is 6.09. The second-order valence-electron chi connectivity index (χ2n) is 9.61. The minimum atomic E-state index is -0.931. The molecule has 1 aromatic carbocycles. The summed E-state index contributed by atoms with van der Waals surface area (Å²) in [7, 11) is 2.31. The molecule has 0 aromatic heterocycles. The van der Waals surface area contributed by atoms with E-state index in [2.05, 4.69) is 7.05 Å². The van der Waals surface area contributed by atoms with E-state index < -0.39 is 17.1 Å². The monoisotopic (exact) mass is 386 g/mol. The standard InChI is InChI=1S/C21H25NO4.C2H6/c1-22(11-12-2-3-12)9-8-20-17-13-4-5-14(23)18(17)26-19(20)15(24)6-7-21(20,25)16(22)10-13;1-2/h4-5,12,16,19,25H,2-3,6-11H2,1H3;1-2H3/p+1/t16?,19-,20?,21+,22?;/m0./s1. The first kappa shape index (κ1) is 18.4. The second-order valence-corrected chi connectivity index (χ2v) is 9.61. The lowest BCUT2D eigenvalue weighted by molar-refractivity contribution is -0.950. The predicted octanol–water partition coefficient (Wildman–Crippen LogP) is 2.70. The first-order valence-corrected chi connectivity index (χ1v) is 11.0. The maximum absolute atomic E-state index is 12.8. The van der Waals surface area contributed by atoms with Gasteiger partial charge in [-0.05, 0) is 30.9 Å². The fourth-order valence-electron chi connectivity index (χ4n) is 6.94. The normalized spacial score (nSPS) is 42.2. The molecule has 152 valence electrons. The molecule has 1 aromatic rings. The van der Waals surface area contributed by atoms with Gasteiger partial charge in [-0.25, -0.2) is 0 Å². The van der Waals surface area contributed by atoms with Crippen molar-refractivity contribution in [2.75, 3.05) is 20.1 Å². The number of nitrogens with zero attached hydrogens (tertiary/aromatic N) is 1. The maximum atomic E-state index is 12.8. The first-order valence-electron chi connectivity index (χ1n) is 11.0. The van der Waals surface area contributed by atoms with Gasteiger partial charge in [0.1, 0.15) is 11.6 Å². The lowest BCUT2D eigenvalue weighted by atomic mass is 9.48. The molecule has 3 aliphatic carbocycles. The van der Waals surface area contributed by atoms with Gasteiger partial charge < -0.3 is 19.4 Å². The van der Waals surface area contributed by atoms with Crippen molar-refractivity contribution in [2.45, 2.75) is 75.5 Å². The van der Waals surface area contributed by atoms with Crippen LogP contribution < -0.4 is 4.74 Å². The van der Waals surface area contributed by atoms with Crippen molar-refractivity contribution in [3.63, 3.8) is 0 Å². The molecule has 3 fully saturated rings. The van der Waals surface area contributed by atoms with E-state index in [0.717, 1.165) is 47.5 Å². The molecule has 5 heteroatoms. The third-order valence-electron chi connectivity index (χ3n) is 8.28. The summed E-state index contributed by atoms with van der Waals surface area (Å²) in [4.78, 5) is 12.8. The average molecular weight is 387 g/mol. The van der Waals surface area contributed by atoms with E-state index in [-0.39, 0.29) is 17.6 Å². The van der Waals surface area contributed by atoms with Gasteiger partial charge >= 0.3 is 0 Å². The molecule has 0 amide bonds. The Hall–Kier alpha value is -1.59. The first-order chi connectivity index (χ1) is 13.4. The number of carbonyl (C=O) groups is 1. The zero-order chi connectivity index (χ0) is 19.9. The van der Waals surface area contributed by atoms with Crippen LogP contribution in [0.15, 0.2) is 12.1 Å². The van der Waals surface area contributed by atoms with Gasteiger partial charge in [0.25, 0.3) is 0 Å². The van der Waals surface area contributed by atoms with Crippen LogP contribution in [0.3, 0.4) is 0 Å². The summed E-state index contributed by atoms with van der Waals surface area (Å²) < 4.78 is 6.98. The minimum absolute atomic E-state index is 0.0789. The Kier molecular flexibility index (Phi) is 3.77. The molecule has 1 saturated heterocycles. The van der Waals surface area contributed by atoms with E-state index in [1.807, 2.05) is 19.9 Å². The Morgan fingerprint density at radius 2 is 2.00 bits per heavy atom. The molecule has 5 nitrogen and oxygen atoms in total. The number of benzene rings is 1. The Morgan fingerprint density at radius 1 is 1.25 bits per heavy atom. The van der Waals surface area contributed by atoms with Crippen molar-refractivity contribution >= 4 is 5.78 Å². The van der Waals surface area contributed by atoms with Gasteiger partial charge in [-0.15, -0.1) is 0 Å². The number of ketones is 1. The van der Waals surface area contributed by atoms with E-state index in [4.69, 9.17) is 4.74 Å². The Labute approximate surface area is 166 Å². The van der Waals surface area contributed by atoms with E-state index in [1.54, 1.807) is 6.07 Å². The van der Waals surface area contributed by atoms with Gasteiger partial charge in [-0.2, -0.15) is 0 Å². The Balaban J connectivity index is 0.000000829. The number of likely N-dealkylation sites (N-methyl/N-ethyl adjacent to an activating group) is 1. The lowest BCUT2D eigenvalue weighted by Gasteiger charge is -2.64. The van der Waals surface area contributed by atoms with E-state index in [1.165, 1.54) is 12.8 Å². The van der Waals surface area contributed by atoms with Crippen LogP contribution >= 0.6 is 0 Å². The molecule has 2 saturated carbocycles. The summed E-state index contributed by atoms with van der Waals surface area (Å²) in [6.07, 6.45) is 4.42. The summed E-state index contributed by atoms with van der Waals surface area (Å²) >= 11 is 0. The van der Waals surface area contributed by atoms with Crippen LogP contribution in [0.25, 0.3) is 0 Å². The van der Waals surface area contributed by atoms with Gasteiger partial charge in [0.05, 0.1) is 25.6 Å². The van der Waals surface area contributed by atoms with Gasteiger partial charge in [0, 0.05) is 30.7 Å². The van der Waals surface area contributed by atoms with E-state index >= 15 is 0 Å². The number of carbonyl (C=O) groups excluding carboxylic acids is 1. The number of hydrogen-bond acceptors (Lipinski definition) is 4. The number of phenols is 1. The van der Waals surface area contributed by atoms with Crippen molar-refractivity contribution in [2.24, 2.45) is 5.92 Å². The van der Waals surface area contributed by atoms with E-state index in [9.17, 15) is 15.0 Å². The number of phenolic OH excluding ortho intramolecular Hbond substituents is 1. The summed E-state index contributed by atoms with van der Waals surface area (Å²) in [5.74, 6) is 1.42. The third kappa shape index (κ3) is 2.02. The minimum Gasteiger partial charge on any atom is -0.504 e. The number of quaternary nitrogens is 1. The van der Waals surface area contributed by atoms with Crippen LogP contribution in [0.4, 0.5) is 0 Å². The highest BCUT2D eigenvalue weighted by Crippen LogP contribution is 2.65. The maximum Gasteiger partial charge on any atom is 0.174 e. The van der Waals surface area contributed by atoms with Crippen molar-refractivity contribution in [3.8, 4) is 11.5 Å². The molecule has 5 aliphatic rings. The van der Waals surface area contributed by atoms with Crippen molar-refractivity contribution in [1.82, 2.24) is 0 Å². The zero-order valence-electron chi connectivity index (χ0n) is 17.2. The molecule has 2 N–H and O–H groups in total.